The molecule has 0 saturated carbocycles. The molecule has 0 radical (unpaired) electrons. The number of hydrogen-bond donors (Lipinski definition) is 2. The lowest BCUT2D eigenvalue weighted by molar-refractivity contribution is 0.414. The number of nitrogen functional groups attached to an aromatic ring is 1. The van der Waals surface area contributed by atoms with Gasteiger partial charge in [-0.1, -0.05) is 30.9 Å². The molecule has 2 rings (SSSR count). The molecule has 2 aromatic rings. The number of nitrogens with one attached hydrogen (secondary N) is 1. The molecule has 110 valence electrons. The Balaban J connectivity index is 1.84. The Labute approximate surface area is 126 Å². The molecule has 0 saturated heterocycles. The van der Waals surface area contributed by atoms with Crippen molar-refractivity contribution < 1.29 is 4.74 Å². The summed E-state index contributed by atoms with van der Waals surface area (Å²) < 4.78 is 5.16. The Morgan fingerprint density at radius 3 is 2.62 bits per heavy atom. The van der Waals surface area contributed by atoms with Crippen LogP contribution in [-0.2, 0) is 6.42 Å². The van der Waals surface area contributed by atoms with Crippen molar-refractivity contribution >= 4 is 17.5 Å². The van der Waals surface area contributed by atoms with Crippen LogP contribution in [-0.4, -0.2) is 13.7 Å². The third kappa shape index (κ3) is 4.02. The first-order valence-electron chi connectivity index (χ1n) is 7.12. The van der Waals surface area contributed by atoms with Gasteiger partial charge < -0.3 is 15.8 Å². The fraction of sp³-hybridized carbons (Fsp3) is 0.222. The Hall–Kier alpha value is -2.42. The van der Waals surface area contributed by atoms with Gasteiger partial charge in [-0.25, -0.2) is 0 Å². The molecule has 3 heteroatoms. The van der Waals surface area contributed by atoms with Crippen LogP contribution in [0, 0.1) is 0 Å². The van der Waals surface area contributed by atoms with E-state index in [2.05, 4.69) is 24.0 Å². The molecule has 0 atom stereocenters. The van der Waals surface area contributed by atoms with E-state index in [0.29, 0.717) is 0 Å². The SMILES string of the molecule is C=Cc1c(N)cccc1NCCCc1ccc(OC)cc1. The predicted molar refractivity (Wildman–Crippen MR) is 90.8 cm³/mol. The van der Waals surface area contributed by atoms with Crippen LogP contribution in [0.15, 0.2) is 49.0 Å². The molecule has 0 amide bonds. The van der Waals surface area contributed by atoms with Crippen molar-refractivity contribution in [2.75, 3.05) is 24.7 Å². The second-order valence-electron chi connectivity index (χ2n) is 4.89. The van der Waals surface area contributed by atoms with Crippen LogP contribution < -0.4 is 15.8 Å². The highest BCUT2D eigenvalue weighted by molar-refractivity contribution is 5.76. The molecule has 0 bridgehead atoms. The van der Waals surface area contributed by atoms with Crippen molar-refractivity contribution in [1.29, 1.82) is 0 Å². The van der Waals surface area contributed by atoms with E-state index in [-0.39, 0.29) is 0 Å². The van der Waals surface area contributed by atoms with Gasteiger partial charge in [0.2, 0.25) is 0 Å². The van der Waals surface area contributed by atoms with E-state index < -0.39 is 0 Å². The second kappa shape index (κ2) is 7.39. The van der Waals surface area contributed by atoms with Crippen LogP contribution >= 0.6 is 0 Å². The highest BCUT2D eigenvalue weighted by Gasteiger charge is 2.02. The predicted octanol–water partition coefficient (Wildman–Crippen LogP) is 3.97. The largest absolute Gasteiger partial charge is 0.497 e. The molecular weight excluding hydrogens is 260 g/mol. The monoisotopic (exact) mass is 282 g/mol. The highest BCUT2D eigenvalue weighted by atomic mass is 16.5. The summed E-state index contributed by atoms with van der Waals surface area (Å²) in [6, 6.07) is 14.1. The van der Waals surface area contributed by atoms with E-state index in [1.165, 1.54) is 5.56 Å². The Morgan fingerprint density at radius 2 is 1.95 bits per heavy atom. The smallest absolute Gasteiger partial charge is 0.118 e. The average Bonchev–Trinajstić information content (AvgIpc) is 2.52. The number of aryl methyl sites for hydroxylation is 1. The van der Waals surface area contributed by atoms with Gasteiger partial charge in [0.05, 0.1) is 7.11 Å². The zero-order valence-electron chi connectivity index (χ0n) is 12.4. The minimum atomic E-state index is 0.755. The number of benzene rings is 2. The Bertz CT molecular complexity index is 591. The highest BCUT2D eigenvalue weighted by Crippen LogP contribution is 2.23. The third-order valence-electron chi connectivity index (χ3n) is 3.46. The molecular formula is C18H22N2O. The van der Waals surface area contributed by atoms with E-state index in [4.69, 9.17) is 10.5 Å². The summed E-state index contributed by atoms with van der Waals surface area (Å²) in [6.45, 7) is 4.71. The van der Waals surface area contributed by atoms with Crippen molar-refractivity contribution in [2.45, 2.75) is 12.8 Å². The fourth-order valence-electron chi connectivity index (χ4n) is 2.27. The molecule has 0 aliphatic heterocycles. The Kier molecular flexibility index (Phi) is 5.27. The van der Waals surface area contributed by atoms with Gasteiger partial charge in [0, 0.05) is 23.5 Å². The van der Waals surface area contributed by atoms with E-state index in [0.717, 1.165) is 42.1 Å². The summed E-state index contributed by atoms with van der Waals surface area (Å²) in [5, 5.41) is 3.42. The van der Waals surface area contributed by atoms with Gasteiger partial charge in [-0.15, -0.1) is 0 Å². The summed E-state index contributed by atoms with van der Waals surface area (Å²) >= 11 is 0. The minimum absolute atomic E-state index is 0.755. The number of rotatable bonds is 7. The first-order valence-corrected chi connectivity index (χ1v) is 7.12. The standard InChI is InChI=1S/C18H22N2O/c1-3-16-17(19)7-4-8-18(16)20-13-5-6-14-9-11-15(21-2)12-10-14/h3-4,7-12,20H,1,5-6,13,19H2,2H3. The maximum atomic E-state index is 5.93. The number of ether oxygens (including phenoxy) is 1. The van der Waals surface area contributed by atoms with Crippen LogP contribution in [0.5, 0.6) is 5.75 Å². The summed E-state index contributed by atoms with van der Waals surface area (Å²) in [7, 11) is 1.68. The Morgan fingerprint density at radius 1 is 1.19 bits per heavy atom. The number of methoxy groups -OCH3 is 1. The maximum Gasteiger partial charge on any atom is 0.118 e. The van der Waals surface area contributed by atoms with E-state index in [1.54, 1.807) is 13.2 Å². The minimum Gasteiger partial charge on any atom is -0.497 e. The van der Waals surface area contributed by atoms with Gasteiger partial charge in [-0.3, -0.25) is 0 Å². The lowest BCUT2D eigenvalue weighted by Crippen LogP contribution is -2.05. The van der Waals surface area contributed by atoms with Gasteiger partial charge in [-0.05, 0) is 42.7 Å². The molecule has 0 spiro atoms. The van der Waals surface area contributed by atoms with Crippen molar-refractivity contribution in [3.8, 4) is 5.75 Å². The normalized spacial score (nSPS) is 10.1. The van der Waals surface area contributed by atoms with Crippen molar-refractivity contribution in [2.24, 2.45) is 0 Å². The van der Waals surface area contributed by atoms with E-state index in [1.807, 2.05) is 30.3 Å². The van der Waals surface area contributed by atoms with Gasteiger partial charge >= 0.3 is 0 Å². The molecule has 0 fully saturated rings. The van der Waals surface area contributed by atoms with Crippen molar-refractivity contribution in [3.05, 3.63) is 60.2 Å². The van der Waals surface area contributed by atoms with Crippen LogP contribution in [0.4, 0.5) is 11.4 Å². The molecule has 21 heavy (non-hydrogen) atoms. The van der Waals surface area contributed by atoms with Crippen LogP contribution in [0.1, 0.15) is 17.5 Å². The van der Waals surface area contributed by atoms with E-state index >= 15 is 0 Å². The molecule has 0 unspecified atom stereocenters. The quantitative estimate of drug-likeness (QED) is 0.597. The van der Waals surface area contributed by atoms with Crippen LogP contribution in [0.25, 0.3) is 6.08 Å². The topological polar surface area (TPSA) is 47.3 Å². The van der Waals surface area contributed by atoms with Crippen molar-refractivity contribution in [3.63, 3.8) is 0 Å². The molecule has 0 aliphatic carbocycles. The fourth-order valence-corrected chi connectivity index (χ4v) is 2.27. The number of hydrogen-bond acceptors (Lipinski definition) is 3. The summed E-state index contributed by atoms with van der Waals surface area (Å²) in [6.07, 6.45) is 3.88. The third-order valence-corrected chi connectivity index (χ3v) is 3.46. The first kappa shape index (κ1) is 15.0. The zero-order valence-corrected chi connectivity index (χ0v) is 12.4. The molecule has 3 N–H and O–H groups in total. The van der Waals surface area contributed by atoms with Gasteiger partial charge in [0.25, 0.3) is 0 Å². The summed E-state index contributed by atoms with van der Waals surface area (Å²) in [5.74, 6) is 0.896. The lowest BCUT2D eigenvalue weighted by Gasteiger charge is -2.11. The summed E-state index contributed by atoms with van der Waals surface area (Å²) in [5.41, 5.74) is 10.0. The zero-order chi connectivity index (χ0) is 15.1. The molecule has 2 aromatic carbocycles. The van der Waals surface area contributed by atoms with Gasteiger partial charge in [0.1, 0.15) is 5.75 Å². The van der Waals surface area contributed by atoms with Crippen LogP contribution in [0.2, 0.25) is 0 Å². The number of nitrogens with two attached hydrogens (primary N) is 1. The van der Waals surface area contributed by atoms with E-state index in [9.17, 15) is 0 Å². The summed E-state index contributed by atoms with van der Waals surface area (Å²) in [4.78, 5) is 0. The number of anilines is 2. The van der Waals surface area contributed by atoms with Gasteiger partial charge in [0.15, 0.2) is 0 Å². The van der Waals surface area contributed by atoms with Gasteiger partial charge in [-0.2, -0.15) is 0 Å². The second-order valence-corrected chi connectivity index (χ2v) is 4.89. The molecule has 0 aromatic heterocycles. The average molecular weight is 282 g/mol. The molecule has 0 aliphatic rings. The molecule has 3 nitrogen and oxygen atoms in total. The molecule has 0 heterocycles. The van der Waals surface area contributed by atoms with Crippen LogP contribution in [0.3, 0.4) is 0 Å². The van der Waals surface area contributed by atoms with Crippen molar-refractivity contribution in [1.82, 2.24) is 0 Å². The lowest BCUT2D eigenvalue weighted by atomic mass is 10.1. The maximum absolute atomic E-state index is 5.93. The first-order chi connectivity index (χ1) is 10.2.